The van der Waals surface area contributed by atoms with Gasteiger partial charge in [0, 0.05) is 13.3 Å². The molecule has 0 aliphatic carbocycles. The van der Waals surface area contributed by atoms with E-state index in [2.05, 4.69) is 10.6 Å². The normalized spacial score (nSPS) is 12.6. The van der Waals surface area contributed by atoms with Crippen LogP contribution in [0.1, 0.15) is 24.5 Å². The van der Waals surface area contributed by atoms with Gasteiger partial charge in [0.1, 0.15) is 17.9 Å². The molecule has 6 nitrogen and oxygen atoms in total. The highest BCUT2D eigenvalue weighted by molar-refractivity contribution is 5.90. The first-order chi connectivity index (χ1) is 13.3. The Hall–Kier alpha value is -3.22. The lowest BCUT2D eigenvalue weighted by molar-refractivity contribution is -0.142. The van der Waals surface area contributed by atoms with Gasteiger partial charge >= 0.3 is 5.97 Å². The minimum absolute atomic E-state index is 0.0498. The Bertz CT molecular complexity index is 826. The fraction of sp³-hybridized carbons (Fsp3) is 0.286. The summed E-state index contributed by atoms with van der Waals surface area (Å²) in [6.07, 6.45) is 0.735. The van der Waals surface area contributed by atoms with Crippen molar-refractivity contribution in [2.45, 2.75) is 38.3 Å². The van der Waals surface area contributed by atoms with Gasteiger partial charge in [-0.3, -0.25) is 9.59 Å². The standard InChI is InChI=1S/C21H23FN2O4/c1-14(25)23-19(13-16-8-5-9-17(22)12-16)20(26)24-18(21(27)28)11-10-15-6-3-2-4-7-15/h2-9,12,18-19H,10-11,13H2,1H3,(H,23,25)(H,24,26)(H,27,28)/t18-,19+/m0/s1. The zero-order chi connectivity index (χ0) is 20.5. The minimum Gasteiger partial charge on any atom is -0.480 e. The largest absolute Gasteiger partial charge is 0.480 e. The number of rotatable bonds is 9. The third-order valence-corrected chi connectivity index (χ3v) is 4.20. The second kappa shape index (κ2) is 10.2. The molecule has 0 saturated heterocycles. The van der Waals surface area contributed by atoms with Gasteiger partial charge in [0.15, 0.2) is 0 Å². The lowest BCUT2D eigenvalue weighted by Crippen LogP contribution is -2.52. The van der Waals surface area contributed by atoms with E-state index in [0.29, 0.717) is 12.0 Å². The molecule has 2 aromatic rings. The number of carbonyl (C=O) groups is 3. The quantitative estimate of drug-likeness (QED) is 0.615. The van der Waals surface area contributed by atoms with Gasteiger partial charge in [-0.05, 0) is 36.1 Å². The van der Waals surface area contributed by atoms with Crippen LogP contribution in [0.3, 0.4) is 0 Å². The number of halogens is 1. The predicted molar refractivity (Wildman–Crippen MR) is 102 cm³/mol. The maximum absolute atomic E-state index is 13.4. The summed E-state index contributed by atoms with van der Waals surface area (Å²) in [6.45, 7) is 1.26. The fourth-order valence-corrected chi connectivity index (χ4v) is 2.84. The summed E-state index contributed by atoms with van der Waals surface area (Å²) in [5.41, 5.74) is 1.48. The summed E-state index contributed by atoms with van der Waals surface area (Å²) in [6, 6.07) is 12.9. The van der Waals surface area contributed by atoms with Crippen molar-refractivity contribution < 1.29 is 23.9 Å². The van der Waals surface area contributed by atoms with Crippen LogP contribution in [-0.2, 0) is 27.2 Å². The number of carboxylic acids is 1. The molecule has 3 N–H and O–H groups in total. The molecule has 2 atom stereocenters. The van der Waals surface area contributed by atoms with Crippen molar-refractivity contribution in [2.75, 3.05) is 0 Å². The van der Waals surface area contributed by atoms with Crippen molar-refractivity contribution in [3.63, 3.8) is 0 Å². The predicted octanol–water partition coefficient (Wildman–Crippen LogP) is 2.08. The molecule has 0 bridgehead atoms. The molecule has 0 radical (unpaired) electrons. The number of hydrogen-bond donors (Lipinski definition) is 3. The Morgan fingerprint density at radius 1 is 0.964 bits per heavy atom. The first-order valence-electron chi connectivity index (χ1n) is 8.94. The lowest BCUT2D eigenvalue weighted by Gasteiger charge is -2.21. The Labute approximate surface area is 162 Å². The maximum atomic E-state index is 13.4. The fourth-order valence-electron chi connectivity index (χ4n) is 2.84. The molecule has 0 aliphatic heterocycles. The Morgan fingerprint density at radius 3 is 2.25 bits per heavy atom. The van der Waals surface area contributed by atoms with Crippen molar-refractivity contribution in [2.24, 2.45) is 0 Å². The van der Waals surface area contributed by atoms with Crippen LogP contribution in [0.25, 0.3) is 0 Å². The molecular weight excluding hydrogens is 363 g/mol. The van der Waals surface area contributed by atoms with E-state index < -0.39 is 35.7 Å². The topological polar surface area (TPSA) is 95.5 Å². The van der Waals surface area contributed by atoms with E-state index in [9.17, 15) is 23.9 Å². The zero-order valence-corrected chi connectivity index (χ0v) is 15.5. The second-order valence-corrected chi connectivity index (χ2v) is 6.51. The van der Waals surface area contributed by atoms with E-state index in [4.69, 9.17) is 0 Å². The monoisotopic (exact) mass is 386 g/mol. The maximum Gasteiger partial charge on any atom is 0.326 e. The van der Waals surface area contributed by atoms with Gasteiger partial charge in [0.2, 0.25) is 11.8 Å². The van der Waals surface area contributed by atoms with Crippen LogP contribution >= 0.6 is 0 Å². The molecule has 0 unspecified atom stereocenters. The van der Waals surface area contributed by atoms with Gasteiger partial charge in [-0.2, -0.15) is 0 Å². The number of nitrogens with one attached hydrogen (secondary N) is 2. The summed E-state index contributed by atoms with van der Waals surface area (Å²) in [4.78, 5) is 35.6. The summed E-state index contributed by atoms with van der Waals surface area (Å²) in [5, 5.41) is 14.4. The third kappa shape index (κ3) is 6.83. The number of aryl methyl sites for hydroxylation is 1. The first-order valence-corrected chi connectivity index (χ1v) is 8.94. The van der Waals surface area contributed by atoms with E-state index in [1.807, 2.05) is 30.3 Å². The summed E-state index contributed by atoms with van der Waals surface area (Å²) in [7, 11) is 0. The van der Waals surface area contributed by atoms with Gasteiger partial charge in [-0.15, -0.1) is 0 Å². The summed E-state index contributed by atoms with van der Waals surface area (Å²) >= 11 is 0. The highest BCUT2D eigenvalue weighted by atomic mass is 19.1. The van der Waals surface area contributed by atoms with E-state index >= 15 is 0 Å². The lowest BCUT2D eigenvalue weighted by atomic mass is 10.0. The zero-order valence-electron chi connectivity index (χ0n) is 15.5. The number of carboxylic acid groups (broad SMARTS) is 1. The second-order valence-electron chi connectivity index (χ2n) is 6.51. The average Bonchev–Trinajstić information content (AvgIpc) is 2.64. The van der Waals surface area contributed by atoms with E-state index in [1.54, 1.807) is 6.07 Å². The van der Waals surface area contributed by atoms with Crippen LogP contribution in [0.4, 0.5) is 4.39 Å². The number of aliphatic carboxylic acids is 1. The molecule has 28 heavy (non-hydrogen) atoms. The van der Waals surface area contributed by atoms with Crippen molar-refractivity contribution in [1.82, 2.24) is 10.6 Å². The molecule has 0 aliphatic rings. The third-order valence-electron chi connectivity index (χ3n) is 4.20. The van der Waals surface area contributed by atoms with Crippen LogP contribution < -0.4 is 10.6 Å². The Morgan fingerprint density at radius 2 is 1.64 bits per heavy atom. The van der Waals surface area contributed by atoms with Crippen molar-refractivity contribution in [3.8, 4) is 0 Å². The highest BCUT2D eigenvalue weighted by Crippen LogP contribution is 2.09. The number of carbonyl (C=O) groups excluding carboxylic acids is 2. The van der Waals surface area contributed by atoms with E-state index in [1.165, 1.54) is 25.1 Å². The average molecular weight is 386 g/mol. The molecule has 0 heterocycles. The summed E-state index contributed by atoms with van der Waals surface area (Å²) < 4.78 is 13.4. The SMILES string of the molecule is CC(=O)N[C@H](Cc1cccc(F)c1)C(=O)N[C@@H](CCc1ccccc1)C(=O)O. The molecule has 0 spiro atoms. The summed E-state index contributed by atoms with van der Waals surface area (Å²) in [5.74, 6) is -2.67. The Kier molecular flexibility index (Phi) is 7.68. The molecule has 0 fully saturated rings. The Balaban J connectivity index is 2.05. The minimum atomic E-state index is -1.16. The molecule has 2 amide bonds. The molecule has 7 heteroatoms. The smallest absolute Gasteiger partial charge is 0.326 e. The van der Waals surface area contributed by atoms with Crippen molar-refractivity contribution in [3.05, 3.63) is 71.5 Å². The van der Waals surface area contributed by atoms with Crippen LogP contribution in [0.2, 0.25) is 0 Å². The van der Waals surface area contributed by atoms with E-state index in [0.717, 1.165) is 5.56 Å². The van der Waals surface area contributed by atoms with Gasteiger partial charge in [0.05, 0.1) is 0 Å². The molecule has 0 saturated carbocycles. The number of amides is 2. The van der Waals surface area contributed by atoms with Crippen LogP contribution in [0.5, 0.6) is 0 Å². The van der Waals surface area contributed by atoms with Crippen molar-refractivity contribution >= 4 is 17.8 Å². The first kappa shape index (κ1) is 21.1. The van der Waals surface area contributed by atoms with E-state index in [-0.39, 0.29) is 12.8 Å². The van der Waals surface area contributed by atoms with Gasteiger partial charge in [-0.25, -0.2) is 9.18 Å². The van der Waals surface area contributed by atoms with Crippen LogP contribution in [-0.4, -0.2) is 35.0 Å². The molecule has 148 valence electrons. The number of hydrogen-bond acceptors (Lipinski definition) is 3. The highest BCUT2D eigenvalue weighted by Gasteiger charge is 2.26. The van der Waals surface area contributed by atoms with Crippen molar-refractivity contribution in [1.29, 1.82) is 0 Å². The molecule has 2 rings (SSSR count). The number of benzene rings is 2. The molecule has 2 aromatic carbocycles. The van der Waals surface area contributed by atoms with Gasteiger partial charge in [0.25, 0.3) is 0 Å². The van der Waals surface area contributed by atoms with Crippen LogP contribution in [0, 0.1) is 5.82 Å². The molecular formula is C21H23FN2O4. The van der Waals surface area contributed by atoms with Gasteiger partial charge in [-0.1, -0.05) is 42.5 Å². The van der Waals surface area contributed by atoms with Crippen LogP contribution in [0.15, 0.2) is 54.6 Å². The molecule has 0 aromatic heterocycles. The van der Waals surface area contributed by atoms with Gasteiger partial charge < -0.3 is 15.7 Å².